The number of hydrogen-bond acceptors (Lipinski definition) is 1. The standard InChI is InChI=1S/C19H23N/c1-15-12-18(13-15)20-19(17-10-6-3-7-11-17)14-16-8-4-2-5-9-16/h2-11,15,18-20H,12-14H2,1H3. The van der Waals surface area contributed by atoms with E-state index < -0.39 is 0 Å². The van der Waals surface area contributed by atoms with Gasteiger partial charge in [-0.1, -0.05) is 67.6 Å². The zero-order valence-electron chi connectivity index (χ0n) is 12.1. The van der Waals surface area contributed by atoms with E-state index in [0.29, 0.717) is 12.1 Å². The van der Waals surface area contributed by atoms with Crippen LogP contribution < -0.4 is 5.32 Å². The monoisotopic (exact) mass is 265 g/mol. The van der Waals surface area contributed by atoms with E-state index in [1.807, 2.05) is 0 Å². The van der Waals surface area contributed by atoms with Gasteiger partial charge in [-0.3, -0.25) is 0 Å². The third-order valence-electron chi connectivity index (χ3n) is 4.30. The molecule has 1 N–H and O–H groups in total. The van der Waals surface area contributed by atoms with Crippen LogP contribution in [-0.2, 0) is 6.42 Å². The van der Waals surface area contributed by atoms with E-state index in [0.717, 1.165) is 12.3 Å². The normalized spacial score (nSPS) is 23.1. The Hall–Kier alpha value is -1.60. The van der Waals surface area contributed by atoms with Crippen LogP contribution in [0.5, 0.6) is 0 Å². The van der Waals surface area contributed by atoms with Crippen LogP contribution in [0, 0.1) is 5.92 Å². The number of nitrogens with one attached hydrogen (secondary N) is 1. The van der Waals surface area contributed by atoms with E-state index in [-0.39, 0.29) is 0 Å². The Labute approximate surface area is 122 Å². The summed E-state index contributed by atoms with van der Waals surface area (Å²) in [5, 5.41) is 3.85. The van der Waals surface area contributed by atoms with Crippen molar-refractivity contribution in [1.29, 1.82) is 0 Å². The fraction of sp³-hybridized carbons (Fsp3) is 0.368. The summed E-state index contributed by atoms with van der Waals surface area (Å²) in [6.07, 6.45) is 3.70. The molecule has 0 aromatic heterocycles. The first kappa shape index (κ1) is 13.4. The fourth-order valence-electron chi connectivity index (χ4n) is 3.13. The molecule has 1 unspecified atom stereocenters. The summed E-state index contributed by atoms with van der Waals surface area (Å²) in [4.78, 5) is 0. The second-order valence-corrected chi connectivity index (χ2v) is 6.09. The predicted molar refractivity (Wildman–Crippen MR) is 84.7 cm³/mol. The molecule has 1 nitrogen and oxygen atoms in total. The number of rotatable bonds is 5. The van der Waals surface area contributed by atoms with Crippen molar-refractivity contribution in [3.05, 3.63) is 71.8 Å². The van der Waals surface area contributed by atoms with Crippen LogP contribution in [0.3, 0.4) is 0 Å². The Morgan fingerprint density at radius 2 is 1.55 bits per heavy atom. The van der Waals surface area contributed by atoms with Crippen LogP contribution in [0.25, 0.3) is 0 Å². The molecule has 0 spiro atoms. The maximum absolute atomic E-state index is 3.85. The highest BCUT2D eigenvalue weighted by molar-refractivity contribution is 5.24. The molecule has 0 bridgehead atoms. The van der Waals surface area contributed by atoms with E-state index in [9.17, 15) is 0 Å². The Balaban J connectivity index is 1.73. The molecule has 0 amide bonds. The van der Waals surface area contributed by atoms with Gasteiger partial charge in [0, 0.05) is 12.1 Å². The van der Waals surface area contributed by atoms with E-state index in [2.05, 4.69) is 72.9 Å². The average Bonchev–Trinajstić information content (AvgIpc) is 2.47. The molecule has 1 fully saturated rings. The summed E-state index contributed by atoms with van der Waals surface area (Å²) in [7, 11) is 0. The first-order chi connectivity index (χ1) is 9.81. The SMILES string of the molecule is CC1CC(NC(Cc2ccccc2)c2ccccc2)C1. The quantitative estimate of drug-likeness (QED) is 0.847. The lowest BCUT2D eigenvalue weighted by molar-refractivity contribution is 0.221. The Morgan fingerprint density at radius 3 is 2.15 bits per heavy atom. The minimum atomic E-state index is 0.427. The van der Waals surface area contributed by atoms with Crippen molar-refractivity contribution in [2.45, 2.75) is 38.3 Å². The van der Waals surface area contributed by atoms with Crippen LogP contribution in [0.1, 0.15) is 36.9 Å². The number of hydrogen-bond donors (Lipinski definition) is 1. The smallest absolute Gasteiger partial charge is 0.0363 e. The zero-order valence-corrected chi connectivity index (χ0v) is 12.1. The third kappa shape index (κ3) is 3.29. The van der Waals surface area contributed by atoms with Crippen LogP contribution in [0.15, 0.2) is 60.7 Å². The molecule has 1 aliphatic carbocycles. The van der Waals surface area contributed by atoms with Crippen molar-refractivity contribution in [3.8, 4) is 0 Å². The molecule has 3 rings (SSSR count). The van der Waals surface area contributed by atoms with Gasteiger partial charge in [-0.15, -0.1) is 0 Å². The summed E-state index contributed by atoms with van der Waals surface area (Å²) in [5.41, 5.74) is 2.80. The summed E-state index contributed by atoms with van der Waals surface area (Å²) >= 11 is 0. The van der Waals surface area contributed by atoms with Gasteiger partial charge in [-0.2, -0.15) is 0 Å². The van der Waals surface area contributed by atoms with Crippen LogP contribution in [0.2, 0.25) is 0 Å². The summed E-state index contributed by atoms with van der Waals surface area (Å²) in [6.45, 7) is 2.34. The maximum atomic E-state index is 3.85. The van der Waals surface area contributed by atoms with Crippen molar-refractivity contribution in [3.63, 3.8) is 0 Å². The van der Waals surface area contributed by atoms with Gasteiger partial charge in [0.2, 0.25) is 0 Å². The van der Waals surface area contributed by atoms with Gasteiger partial charge in [-0.25, -0.2) is 0 Å². The molecule has 0 saturated heterocycles. The Bertz CT molecular complexity index is 514. The minimum Gasteiger partial charge on any atom is -0.307 e. The van der Waals surface area contributed by atoms with Crippen molar-refractivity contribution >= 4 is 0 Å². The third-order valence-corrected chi connectivity index (χ3v) is 4.30. The molecule has 0 aliphatic heterocycles. The lowest BCUT2D eigenvalue weighted by Gasteiger charge is -2.37. The predicted octanol–water partition coefficient (Wildman–Crippen LogP) is 4.36. The summed E-state index contributed by atoms with van der Waals surface area (Å²) in [6, 6.07) is 22.8. The molecule has 1 atom stereocenters. The second-order valence-electron chi connectivity index (χ2n) is 6.09. The largest absolute Gasteiger partial charge is 0.307 e. The molecule has 20 heavy (non-hydrogen) atoms. The topological polar surface area (TPSA) is 12.0 Å². The molecule has 1 heteroatoms. The van der Waals surface area contributed by atoms with E-state index in [4.69, 9.17) is 0 Å². The van der Waals surface area contributed by atoms with Gasteiger partial charge in [0.1, 0.15) is 0 Å². The zero-order chi connectivity index (χ0) is 13.8. The highest BCUT2D eigenvalue weighted by Gasteiger charge is 2.27. The van der Waals surface area contributed by atoms with Crippen molar-refractivity contribution in [2.24, 2.45) is 5.92 Å². The van der Waals surface area contributed by atoms with Crippen LogP contribution >= 0.6 is 0 Å². The molecular formula is C19H23N. The number of benzene rings is 2. The van der Waals surface area contributed by atoms with Crippen LogP contribution in [0.4, 0.5) is 0 Å². The highest BCUT2D eigenvalue weighted by Crippen LogP contribution is 2.29. The molecule has 2 aromatic carbocycles. The van der Waals surface area contributed by atoms with E-state index in [1.54, 1.807) is 0 Å². The van der Waals surface area contributed by atoms with Gasteiger partial charge < -0.3 is 5.32 Å². The molecule has 1 aliphatic rings. The lowest BCUT2D eigenvalue weighted by atomic mass is 9.81. The summed E-state index contributed by atoms with van der Waals surface area (Å²) in [5.74, 6) is 0.889. The second kappa shape index (κ2) is 6.23. The maximum Gasteiger partial charge on any atom is 0.0363 e. The average molecular weight is 265 g/mol. The summed E-state index contributed by atoms with van der Waals surface area (Å²) < 4.78 is 0. The lowest BCUT2D eigenvalue weighted by Crippen LogP contribution is -2.42. The first-order valence-corrected chi connectivity index (χ1v) is 7.66. The molecule has 0 radical (unpaired) electrons. The van der Waals surface area contributed by atoms with Gasteiger partial charge >= 0.3 is 0 Å². The molecule has 1 saturated carbocycles. The molecule has 2 aromatic rings. The van der Waals surface area contributed by atoms with Gasteiger partial charge in [-0.05, 0) is 36.3 Å². The van der Waals surface area contributed by atoms with Crippen molar-refractivity contribution < 1.29 is 0 Å². The first-order valence-electron chi connectivity index (χ1n) is 7.66. The Kier molecular flexibility index (Phi) is 4.17. The fourth-order valence-corrected chi connectivity index (χ4v) is 3.13. The van der Waals surface area contributed by atoms with Crippen molar-refractivity contribution in [1.82, 2.24) is 5.32 Å². The molecule has 0 heterocycles. The Morgan fingerprint density at radius 1 is 0.950 bits per heavy atom. The van der Waals surface area contributed by atoms with E-state index >= 15 is 0 Å². The molecule has 104 valence electrons. The highest BCUT2D eigenvalue weighted by atomic mass is 15.0. The minimum absolute atomic E-state index is 0.427. The molecular weight excluding hydrogens is 242 g/mol. The van der Waals surface area contributed by atoms with Gasteiger partial charge in [0.05, 0.1) is 0 Å². The van der Waals surface area contributed by atoms with E-state index in [1.165, 1.54) is 24.0 Å². The van der Waals surface area contributed by atoms with Gasteiger partial charge in [0.15, 0.2) is 0 Å². The van der Waals surface area contributed by atoms with Gasteiger partial charge in [0.25, 0.3) is 0 Å². The van der Waals surface area contributed by atoms with Crippen molar-refractivity contribution in [2.75, 3.05) is 0 Å². The van der Waals surface area contributed by atoms with Crippen LogP contribution in [-0.4, -0.2) is 6.04 Å².